The van der Waals surface area contributed by atoms with Gasteiger partial charge in [0.15, 0.2) is 0 Å². The minimum absolute atomic E-state index is 0.328. The second kappa shape index (κ2) is 16.0. The van der Waals surface area contributed by atoms with E-state index in [2.05, 4.69) is 27.0 Å². The van der Waals surface area contributed by atoms with Crippen molar-refractivity contribution in [2.75, 3.05) is 13.2 Å². The molecule has 184 valence electrons. The molecule has 2 N–H and O–H groups in total. The average molecular weight is 439 g/mol. The highest BCUT2D eigenvalue weighted by molar-refractivity contribution is 4.82. The average Bonchev–Trinajstić information content (AvgIpc) is 2.65. The van der Waals surface area contributed by atoms with Gasteiger partial charge in [-0.3, -0.25) is 0 Å². The first-order valence-electron chi connectivity index (χ1n) is 12.7. The number of rotatable bonds is 20. The first-order valence-corrected chi connectivity index (χ1v) is 12.7. The normalized spacial score (nSPS) is 16.5. The summed E-state index contributed by atoms with van der Waals surface area (Å²) in [5.41, 5.74) is -1.24. The molecule has 0 bridgehead atoms. The molecule has 0 aromatic heterocycles. The molecule has 3 heteroatoms. The van der Waals surface area contributed by atoms with E-state index in [0.29, 0.717) is 23.7 Å². The molecule has 0 heterocycles. The third-order valence-corrected chi connectivity index (χ3v) is 6.96. The summed E-state index contributed by atoms with van der Waals surface area (Å²) in [6.45, 7) is 21.6. The molecule has 0 aliphatic rings. The number of hydrogen-bond acceptors (Lipinski definition) is 3. The van der Waals surface area contributed by atoms with Crippen molar-refractivity contribution in [2.45, 2.75) is 117 Å². The van der Waals surface area contributed by atoms with Crippen molar-refractivity contribution in [3.05, 3.63) is 25.3 Å². The lowest BCUT2D eigenvalue weighted by Gasteiger charge is -2.30. The summed E-state index contributed by atoms with van der Waals surface area (Å²) < 4.78 is 5.93. The molecule has 4 unspecified atom stereocenters. The lowest BCUT2D eigenvalue weighted by atomic mass is 9.81. The van der Waals surface area contributed by atoms with Crippen LogP contribution in [-0.2, 0) is 4.74 Å². The number of ether oxygens (including phenoxy) is 1. The molecule has 0 saturated heterocycles. The van der Waals surface area contributed by atoms with Gasteiger partial charge in [0.25, 0.3) is 0 Å². The Bertz CT molecular complexity index is 416. The largest absolute Gasteiger partial charge is 0.390 e. The fraction of sp³-hybridized carbons (Fsp3) is 0.857. The second-order valence-electron chi connectivity index (χ2n) is 11.0. The Hall–Kier alpha value is -0.640. The van der Waals surface area contributed by atoms with E-state index in [1.54, 1.807) is 0 Å². The van der Waals surface area contributed by atoms with Gasteiger partial charge in [-0.2, -0.15) is 0 Å². The lowest BCUT2D eigenvalue weighted by Crippen LogP contribution is -2.31. The first-order chi connectivity index (χ1) is 14.4. The number of hydrogen-bond donors (Lipinski definition) is 2. The maximum atomic E-state index is 10.4. The SMILES string of the molecule is C=CCCC(CCC(C)CCOCCC(C)CCC(CCC=C)C(C)(C)O)C(C)(C)O. The zero-order chi connectivity index (χ0) is 23.9. The summed E-state index contributed by atoms with van der Waals surface area (Å²) in [5.74, 6) is 1.88. The standard InChI is InChI=1S/C28H54O3/c1-9-11-13-25(27(5,6)29)17-15-23(3)19-21-31-22-20-24(4)16-18-26(14-12-10-2)28(7,8)30/h9-10,23-26,29-30H,1-2,11-22H2,3-8H3. The van der Waals surface area contributed by atoms with Gasteiger partial charge in [0.2, 0.25) is 0 Å². The van der Waals surface area contributed by atoms with Gasteiger partial charge in [0.05, 0.1) is 11.2 Å². The molecule has 0 radical (unpaired) electrons. The predicted octanol–water partition coefficient (Wildman–Crippen LogP) is 7.32. The monoisotopic (exact) mass is 438 g/mol. The predicted molar refractivity (Wildman–Crippen MR) is 135 cm³/mol. The van der Waals surface area contributed by atoms with Crippen molar-refractivity contribution >= 4 is 0 Å². The van der Waals surface area contributed by atoms with E-state index >= 15 is 0 Å². The molecule has 0 aromatic rings. The van der Waals surface area contributed by atoms with Crippen molar-refractivity contribution in [1.82, 2.24) is 0 Å². The number of allylic oxidation sites excluding steroid dienone is 2. The van der Waals surface area contributed by atoms with E-state index in [-0.39, 0.29) is 0 Å². The molecular weight excluding hydrogens is 384 g/mol. The Kier molecular flexibility index (Phi) is 15.7. The van der Waals surface area contributed by atoms with Crippen LogP contribution in [0, 0.1) is 23.7 Å². The van der Waals surface area contributed by atoms with Crippen molar-refractivity contribution in [3.63, 3.8) is 0 Å². The van der Waals surface area contributed by atoms with Crippen LogP contribution >= 0.6 is 0 Å². The highest BCUT2D eigenvalue weighted by Crippen LogP contribution is 2.30. The van der Waals surface area contributed by atoms with Crippen LogP contribution in [0.1, 0.15) is 106 Å². The van der Waals surface area contributed by atoms with E-state index in [1.807, 2.05) is 39.8 Å². The summed E-state index contributed by atoms with van der Waals surface area (Å²) in [6, 6.07) is 0. The summed E-state index contributed by atoms with van der Waals surface area (Å²) in [7, 11) is 0. The quantitative estimate of drug-likeness (QED) is 0.155. The maximum absolute atomic E-state index is 10.4. The minimum atomic E-state index is -0.620. The van der Waals surface area contributed by atoms with Crippen LogP contribution in [0.25, 0.3) is 0 Å². The van der Waals surface area contributed by atoms with Gasteiger partial charge in [-0.15, -0.1) is 13.2 Å². The van der Waals surface area contributed by atoms with Crippen LogP contribution in [0.15, 0.2) is 25.3 Å². The van der Waals surface area contributed by atoms with Gasteiger partial charge < -0.3 is 14.9 Å². The topological polar surface area (TPSA) is 49.7 Å². The van der Waals surface area contributed by atoms with Gasteiger partial charge in [0, 0.05) is 13.2 Å². The van der Waals surface area contributed by atoms with Crippen LogP contribution < -0.4 is 0 Å². The summed E-state index contributed by atoms with van der Waals surface area (Å²) >= 11 is 0. The molecule has 0 fully saturated rings. The summed E-state index contributed by atoms with van der Waals surface area (Å²) in [6.07, 6.45) is 14.4. The summed E-state index contributed by atoms with van der Waals surface area (Å²) in [5, 5.41) is 20.8. The molecular formula is C28H54O3. The molecule has 4 atom stereocenters. The fourth-order valence-electron chi connectivity index (χ4n) is 4.27. The minimum Gasteiger partial charge on any atom is -0.390 e. The Morgan fingerprint density at radius 1 is 0.645 bits per heavy atom. The van der Waals surface area contributed by atoms with Gasteiger partial charge >= 0.3 is 0 Å². The van der Waals surface area contributed by atoms with Gasteiger partial charge in [0.1, 0.15) is 0 Å². The number of aliphatic hydroxyl groups is 2. The van der Waals surface area contributed by atoms with Crippen molar-refractivity contribution in [1.29, 1.82) is 0 Å². The molecule has 3 nitrogen and oxygen atoms in total. The zero-order valence-electron chi connectivity index (χ0n) is 21.7. The smallest absolute Gasteiger partial charge is 0.0619 e. The van der Waals surface area contributed by atoms with E-state index in [4.69, 9.17) is 4.74 Å². The molecule has 0 rings (SSSR count). The third-order valence-electron chi connectivity index (χ3n) is 6.96. The molecule has 31 heavy (non-hydrogen) atoms. The Morgan fingerprint density at radius 2 is 1.00 bits per heavy atom. The van der Waals surface area contributed by atoms with Crippen LogP contribution in [0.5, 0.6) is 0 Å². The molecule has 0 spiro atoms. The Morgan fingerprint density at radius 3 is 1.29 bits per heavy atom. The molecule has 0 amide bonds. The van der Waals surface area contributed by atoms with Crippen LogP contribution in [0.4, 0.5) is 0 Å². The highest BCUT2D eigenvalue weighted by atomic mass is 16.5. The van der Waals surface area contributed by atoms with E-state index in [0.717, 1.165) is 77.4 Å². The Labute approximate surface area is 194 Å². The van der Waals surface area contributed by atoms with E-state index in [1.165, 1.54) is 0 Å². The lowest BCUT2D eigenvalue weighted by molar-refractivity contribution is 0.00653. The van der Waals surface area contributed by atoms with Crippen molar-refractivity contribution < 1.29 is 14.9 Å². The third kappa shape index (κ3) is 15.7. The first kappa shape index (κ1) is 30.4. The zero-order valence-corrected chi connectivity index (χ0v) is 21.7. The fourth-order valence-corrected chi connectivity index (χ4v) is 4.27. The van der Waals surface area contributed by atoms with Crippen LogP contribution in [0.2, 0.25) is 0 Å². The van der Waals surface area contributed by atoms with Crippen LogP contribution in [-0.4, -0.2) is 34.6 Å². The molecule has 0 aromatic carbocycles. The molecule has 0 aliphatic heterocycles. The highest BCUT2D eigenvalue weighted by Gasteiger charge is 2.27. The second-order valence-corrected chi connectivity index (χ2v) is 11.0. The van der Waals surface area contributed by atoms with Crippen molar-refractivity contribution in [2.24, 2.45) is 23.7 Å². The van der Waals surface area contributed by atoms with Gasteiger partial charge in [-0.1, -0.05) is 38.8 Å². The van der Waals surface area contributed by atoms with Gasteiger partial charge in [-0.25, -0.2) is 0 Å². The van der Waals surface area contributed by atoms with Crippen LogP contribution in [0.3, 0.4) is 0 Å². The van der Waals surface area contributed by atoms with E-state index in [9.17, 15) is 10.2 Å². The molecule has 0 aliphatic carbocycles. The summed E-state index contributed by atoms with van der Waals surface area (Å²) in [4.78, 5) is 0. The van der Waals surface area contributed by atoms with Crippen molar-refractivity contribution in [3.8, 4) is 0 Å². The maximum Gasteiger partial charge on any atom is 0.0619 e. The van der Waals surface area contributed by atoms with E-state index < -0.39 is 11.2 Å². The van der Waals surface area contributed by atoms with Gasteiger partial charge in [-0.05, 0) is 103 Å². The Balaban J connectivity index is 4.03. The molecule has 0 saturated carbocycles.